The van der Waals surface area contributed by atoms with Crippen molar-refractivity contribution in [2.45, 2.75) is 43.4 Å². The van der Waals surface area contributed by atoms with Crippen LogP contribution in [-0.4, -0.2) is 53.6 Å². The molecule has 0 bridgehead atoms. The molecule has 0 amide bonds. The van der Waals surface area contributed by atoms with E-state index in [-0.39, 0.29) is 0 Å². The Hall–Kier alpha value is -1.57. The number of nitrogens with zero attached hydrogens (tertiary/aromatic N) is 7. The van der Waals surface area contributed by atoms with Crippen LogP contribution in [0, 0.1) is 0 Å². The van der Waals surface area contributed by atoms with Crippen LogP contribution in [0.5, 0.6) is 0 Å². The number of thioether (sulfide) groups is 1. The summed E-state index contributed by atoms with van der Waals surface area (Å²) in [5, 5.41) is 16.7. The molecule has 2 fully saturated rings. The number of aryl methyl sites for hydroxylation is 1. The van der Waals surface area contributed by atoms with Gasteiger partial charge in [0.1, 0.15) is 0 Å². The first kappa shape index (κ1) is 15.0. The second kappa shape index (κ2) is 6.14. The highest BCUT2D eigenvalue weighted by Gasteiger charge is 2.38. The minimum atomic E-state index is 0.416. The van der Waals surface area contributed by atoms with Crippen molar-refractivity contribution in [1.29, 1.82) is 0 Å². The fourth-order valence-corrected chi connectivity index (χ4v) is 5.32. The van der Waals surface area contributed by atoms with Crippen molar-refractivity contribution in [3.8, 4) is 0 Å². The van der Waals surface area contributed by atoms with E-state index in [9.17, 15) is 0 Å². The van der Waals surface area contributed by atoms with E-state index >= 15 is 0 Å². The van der Waals surface area contributed by atoms with E-state index in [2.05, 4.69) is 37.3 Å². The summed E-state index contributed by atoms with van der Waals surface area (Å²) in [4.78, 5) is 2.39. The number of hydrogen-bond acceptors (Lipinski definition) is 6. The highest BCUT2D eigenvalue weighted by Crippen LogP contribution is 2.43. The molecule has 0 aromatic carbocycles. The molecule has 1 aliphatic heterocycles. The molecule has 2 aromatic rings. The average Bonchev–Trinajstić information content (AvgIpc) is 3.18. The molecule has 0 N–H and O–H groups in total. The molecule has 1 saturated heterocycles. The van der Waals surface area contributed by atoms with Gasteiger partial charge in [-0.15, -0.1) is 0 Å². The van der Waals surface area contributed by atoms with Gasteiger partial charge >= 0.3 is 0 Å². The number of anilines is 1. The van der Waals surface area contributed by atoms with E-state index in [0.717, 1.165) is 24.7 Å². The largest absolute Gasteiger partial charge is 0.337 e. The van der Waals surface area contributed by atoms with Crippen molar-refractivity contribution >= 4 is 17.7 Å². The van der Waals surface area contributed by atoms with Crippen LogP contribution in [0.3, 0.4) is 0 Å². The van der Waals surface area contributed by atoms with E-state index in [0.29, 0.717) is 11.3 Å². The lowest BCUT2D eigenvalue weighted by Gasteiger charge is -2.44. The number of rotatable bonds is 3. The van der Waals surface area contributed by atoms with Crippen molar-refractivity contribution in [3.05, 3.63) is 18.0 Å². The minimum absolute atomic E-state index is 0.416. The summed E-state index contributed by atoms with van der Waals surface area (Å²) in [5.74, 6) is 2.06. The lowest BCUT2D eigenvalue weighted by atomic mass is 9.87. The Kier molecular flexibility index (Phi) is 4.00. The molecule has 7 nitrogen and oxygen atoms in total. The predicted octanol–water partition coefficient (Wildman–Crippen LogP) is 1.71. The molecule has 4 rings (SSSR count). The zero-order chi connectivity index (χ0) is 15.7. The van der Waals surface area contributed by atoms with Crippen molar-refractivity contribution in [2.24, 2.45) is 7.05 Å². The SMILES string of the molecule is Cn1nccc1Cn1nnnc1N1CCSC2(CCCCC2)C1. The van der Waals surface area contributed by atoms with Gasteiger partial charge in [-0.2, -0.15) is 16.9 Å². The molecule has 1 saturated carbocycles. The summed E-state index contributed by atoms with van der Waals surface area (Å²) in [6, 6.07) is 2.01. The molecule has 2 aliphatic rings. The zero-order valence-corrected chi connectivity index (χ0v) is 14.4. The van der Waals surface area contributed by atoms with Crippen LogP contribution in [0.4, 0.5) is 5.95 Å². The van der Waals surface area contributed by atoms with Gasteiger partial charge in [-0.05, 0) is 29.3 Å². The first-order chi connectivity index (χ1) is 11.3. The Bertz CT molecular complexity index is 653. The molecule has 1 spiro atoms. The number of hydrogen-bond donors (Lipinski definition) is 0. The lowest BCUT2D eigenvalue weighted by molar-refractivity contribution is 0.388. The van der Waals surface area contributed by atoms with Crippen molar-refractivity contribution in [1.82, 2.24) is 30.0 Å². The molecular weight excluding hydrogens is 310 g/mol. The molecule has 0 unspecified atom stereocenters. The maximum atomic E-state index is 4.32. The molecule has 0 atom stereocenters. The van der Waals surface area contributed by atoms with Gasteiger partial charge in [0.05, 0.1) is 12.2 Å². The second-order valence-electron chi connectivity index (χ2n) is 6.60. The van der Waals surface area contributed by atoms with Gasteiger partial charge in [0, 0.05) is 36.8 Å². The highest BCUT2D eigenvalue weighted by molar-refractivity contribution is 8.00. The molecule has 124 valence electrons. The van der Waals surface area contributed by atoms with Gasteiger partial charge < -0.3 is 4.90 Å². The molecule has 0 radical (unpaired) electrons. The van der Waals surface area contributed by atoms with E-state index in [4.69, 9.17) is 0 Å². The highest BCUT2D eigenvalue weighted by atomic mass is 32.2. The average molecular weight is 333 g/mol. The van der Waals surface area contributed by atoms with Gasteiger partial charge in [-0.1, -0.05) is 24.4 Å². The molecule has 2 aromatic heterocycles. The van der Waals surface area contributed by atoms with Crippen molar-refractivity contribution < 1.29 is 0 Å². The van der Waals surface area contributed by atoms with Gasteiger partial charge in [0.15, 0.2) is 0 Å². The molecule has 1 aliphatic carbocycles. The smallest absolute Gasteiger partial charge is 0.245 e. The Morgan fingerprint density at radius 1 is 1.26 bits per heavy atom. The lowest BCUT2D eigenvalue weighted by Crippen LogP contribution is -2.48. The molecule has 23 heavy (non-hydrogen) atoms. The fraction of sp³-hybridized carbons (Fsp3) is 0.733. The van der Waals surface area contributed by atoms with Crippen LogP contribution in [0.2, 0.25) is 0 Å². The summed E-state index contributed by atoms with van der Waals surface area (Å²) in [7, 11) is 1.95. The summed E-state index contributed by atoms with van der Waals surface area (Å²) >= 11 is 2.17. The van der Waals surface area contributed by atoms with E-state index in [1.54, 1.807) is 0 Å². The molecular formula is C15H23N7S. The van der Waals surface area contributed by atoms with E-state index in [1.165, 1.54) is 37.9 Å². The fourth-order valence-electron chi connectivity index (χ4n) is 3.75. The minimum Gasteiger partial charge on any atom is -0.337 e. The topological polar surface area (TPSA) is 64.7 Å². The quantitative estimate of drug-likeness (QED) is 0.852. The Morgan fingerprint density at radius 3 is 2.91 bits per heavy atom. The summed E-state index contributed by atoms with van der Waals surface area (Å²) in [6.07, 6.45) is 8.59. The van der Waals surface area contributed by atoms with Crippen molar-refractivity contribution in [3.63, 3.8) is 0 Å². The second-order valence-corrected chi connectivity index (χ2v) is 8.16. The van der Waals surface area contributed by atoms with Gasteiger partial charge in [-0.3, -0.25) is 4.68 Å². The monoisotopic (exact) mass is 333 g/mol. The molecule has 8 heteroatoms. The third-order valence-electron chi connectivity index (χ3n) is 5.04. The van der Waals surface area contributed by atoms with Gasteiger partial charge in [-0.25, -0.2) is 4.68 Å². The van der Waals surface area contributed by atoms with Crippen LogP contribution < -0.4 is 4.90 Å². The maximum absolute atomic E-state index is 4.32. The van der Waals surface area contributed by atoms with Crippen molar-refractivity contribution in [2.75, 3.05) is 23.7 Å². The molecule has 3 heterocycles. The normalized spacial score (nSPS) is 21.0. The first-order valence-corrected chi connectivity index (χ1v) is 9.36. The van der Waals surface area contributed by atoms with Crippen LogP contribution in [-0.2, 0) is 13.6 Å². The van der Waals surface area contributed by atoms with Crippen LogP contribution in [0.1, 0.15) is 37.8 Å². The van der Waals surface area contributed by atoms with Gasteiger partial charge in [0.2, 0.25) is 5.95 Å². The third-order valence-corrected chi connectivity index (χ3v) is 6.58. The Morgan fingerprint density at radius 2 is 2.13 bits per heavy atom. The summed E-state index contributed by atoms with van der Waals surface area (Å²) < 4.78 is 4.20. The first-order valence-electron chi connectivity index (χ1n) is 8.38. The summed E-state index contributed by atoms with van der Waals surface area (Å²) in [5.41, 5.74) is 1.11. The number of tetrazole rings is 1. The zero-order valence-electron chi connectivity index (χ0n) is 13.6. The Labute approximate surface area is 140 Å². The standard InChI is InChI=1S/C15H23N7S/c1-20-13(5-8-16-20)11-22-14(17-18-19-22)21-9-10-23-15(12-21)6-3-2-4-7-15/h5,8H,2-4,6-7,9-12H2,1H3. The van der Waals surface area contributed by atoms with Gasteiger partial charge in [0.25, 0.3) is 0 Å². The van der Waals surface area contributed by atoms with Crippen LogP contribution >= 0.6 is 11.8 Å². The predicted molar refractivity (Wildman–Crippen MR) is 90.6 cm³/mol. The van der Waals surface area contributed by atoms with E-state index < -0.39 is 0 Å². The Balaban J connectivity index is 1.54. The number of aromatic nitrogens is 6. The third kappa shape index (κ3) is 2.96. The maximum Gasteiger partial charge on any atom is 0.245 e. The summed E-state index contributed by atoms with van der Waals surface area (Å²) in [6.45, 7) is 2.76. The van der Waals surface area contributed by atoms with E-state index in [1.807, 2.05) is 28.7 Å². The van der Waals surface area contributed by atoms with Crippen LogP contribution in [0.15, 0.2) is 12.3 Å². The van der Waals surface area contributed by atoms with Crippen LogP contribution in [0.25, 0.3) is 0 Å².